The molecule has 3 rings (SSSR count). The molecular weight excluding hydrogens is 266 g/mol. The van der Waals surface area contributed by atoms with Crippen molar-refractivity contribution in [1.29, 1.82) is 0 Å². The van der Waals surface area contributed by atoms with Gasteiger partial charge in [0, 0.05) is 24.1 Å². The molecule has 2 heterocycles. The van der Waals surface area contributed by atoms with Crippen LogP contribution >= 0.6 is 0 Å². The molecule has 0 amide bonds. The van der Waals surface area contributed by atoms with Crippen LogP contribution < -0.4 is 4.74 Å². The number of ketones is 1. The first-order valence-electron chi connectivity index (χ1n) is 6.68. The predicted molar refractivity (Wildman–Crippen MR) is 79.8 cm³/mol. The lowest BCUT2D eigenvalue weighted by Gasteiger charge is -2.00. The Labute approximate surface area is 122 Å². The maximum Gasteiger partial charge on any atom is 0.212 e. The molecule has 0 aliphatic rings. The van der Waals surface area contributed by atoms with Gasteiger partial charge in [0.15, 0.2) is 5.76 Å². The number of benzene rings is 1. The summed E-state index contributed by atoms with van der Waals surface area (Å²) in [5, 5.41) is 0.950. The van der Waals surface area contributed by atoms with E-state index >= 15 is 0 Å². The molecule has 0 saturated heterocycles. The summed E-state index contributed by atoms with van der Waals surface area (Å²) in [5.41, 5.74) is 2.63. The molecular formula is C17H15NO3. The molecule has 0 unspecified atom stereocenters. The SMILES string of the molecule is COc1ccc(CC(=O)c2cc3cccc(C)c3o2)cn1. The van der Waals surface area contributed by atoms with E-state index in [0.29, 0.717) is 11.6 Å². The van der Waals surface area contributed by atoms with E-state index in [2.05, 4.69) is 4.98 Å². The maximum absolute atomic E-state index is 12.3. The normalized spacial score (nSPS) is 10.8. The number of nitrogens with zero attached hydrogens (tertiary/aromatic N) is 1. The first kappa shape index (κ1) is 13.4. The Balaban J connectivity index is 1.84. The van der Waals surface area contributed by atoms with Crippen LogP contribution in [0.25, 0.3) is 11.0 Å². The van der Waals surface area contributed by atoms with E-state index in [1.165, 1.54) is 0 Å². The molecule has 4 heteroatoms. The lowest BCUT2D eigenvalue weighted by atomic mass is 10.1. The molecule has 0 aliphatic carbocycles. The van der Waals surface area contributed by atoms with E-state index in [-0.39, 0.29) is 12.2 Å². The molecule has 0 bridgehead atoms. The van der Waals surface area contributed by atoms with Crippen LogP contribution in [0.1, 0.15) is 21.7 Å². The summed E-state index contributed by atoms with van der Waals surface area (Å²) in [6.45, 7) is 1.97. The summed E-state index contributed by atoms with van der Waals surface area (Å²) >= 11 is 0. The number of fused-ring (bicyclic) bond motifs is 1. The minimum absolute atomic E-state index is 0.0578. The van der Waals surface area contributed by atoms with Gasteiger partial charge in [0.05, 0.1) is 7.11 Å². The number of hydrogen-bond acceptors (Lipinski definition) is 4. The van der Waals surface area contributed by atoms with E-state index in [1.54, 1.807) is 25.4 Å². The number of para-hydroxylation sites is 1. The third-order valence-corrected chi connectivity index (χ3v) is 3.39. The van der Waals surface area contributed by atoms with Gasteiger partial charge in [0.25, 0.3) is 0 Å². The number of carbonyl (C=O) groups excluding carboxylic acids is 1. The molecule has 2 aromatic heterocycles. The average molecular weight is 281 g/mol. The molecule has 0 N–H and O–H groups in total. The zero-order chi connectivity index (χ0) is 14.8. The smallest absolute Gasteiger partial charge is 0.212 e. The quantitative estimate of drug-likeness (QED) is 0.686. The van der Waals surface area contributed by atoms with Crippen molar-refractivity contribution in [3.8, 4) is 5.88 Å². The highest BCUT2D eigenvalue weighted by atomic mass is 16.5. The Morgan fingerprint density at radius 1 is 1.29 bits per heavy atom. The van der Waals surface area contributed by atoms with Gasteiger partial charge in [0.2, 0.25) is 11.7 Å². The highest BCUT2D eigenvalue weighted by Gasteiger charge is 2.14. The first-order chi connectivity index (χ1) is 10.2. The summed E-state index contributed by atoms with van der Waals surface area (Å²) in [5.74, 6) is 0.859. The molecule has 106 valence electrons. The summed E-state index contributed by atoms with van der Waals surface area (Å²) in [4.78, 5) is 16.4. The Hall–Kier alpha value is -2.62. The number of aromatic nitrogens is 1. The van der Waals surface area contributed by atoms with Gasteiger partial charge in [-0.2, -0.15) is 0 Å². The van der Waals surface area contributed by atoms with E-state index < -0.39 is 0 Å². The molecule has 0 radical (unpaired) electrons. The summed E-state index contributed by atoms with van der Waals surface area (Å²) in [6, 6.07) is 11.2. The zero-order valence-corrected chi connectivity index (χ0v) is 11.9. The summed E-state index contributed by atoms with van der Waals surface area (Å²) in [6.07, 6.45) is 1.90. The second-order valence-corrected chi connectivity index (χ2v) is 4.91. The maximum atomic E-state index is 12.3. The number of ether oxygens (including phenoxy) is 1. The fourth-order valence-corrected chi connectivity index (χ4v) is 2.26. The monoisotopic (exact) mass is 281 g/mol. The summed E-state index contributed by atoms with van der Waals surface area (Å²) in [7, 11) is 1.56. The average Bonchev–Trinajstić information content (AvgIpc) is 2.94. The third kappa shape index (κ3) is 2.65. The summed E-state index contributed by atoms with van der Waals surface area (Å²) < 4.78 is 10.7. The Bertz CT molecular complexity index is 787. The van der Waals surface area contributed by atoms with Crippen LogP contribution in [0, 0.1) is 6.92 Å². The van der Waals surface area contributed by atoms with Crippen LogP contribution in [-0.4, -0.2) is 17.9 Å². The van der Waals surface area contributed by atoms with Gasteiger partial charge in [-0.3, -0.25) is 4.79 Å². The fraction of sp³-hybridized carbons (Fsp3) is 0.176. The Kier molecular flexibility index (Phi) is 3.44. The van der Waals surface area contributed by atoms with Crippen LogP contribution in [-0.2, 0) is 6.42 Å². The van der Waals surface area contributed by atoms with Crippen molar-refractivity contribution in [2.45, 2.75) is 13.3 Å². The van der Waals surface area contributed by atoms with Gasteiger partial charge in [0.1, 0.15) is 5.58 Å². The lowest BCUT2D eigenvalue weighted by Crippen LogP contribution is -2.02. The van der Waals surface area contributed by atoms with E-state index in [4.69, 9.17) is 9.15 Å². The van der Waals surface area contributed by atoms with Gasteiger partial charge in [-0.05, 0) is 24.1 Å². The number of rotatable bonds is 4. The third-order valence-electron chi connectivity index (χ3n) is 3.39. The Morgan fingerprint density at radius 3 is 2.81 bits per heavy atom. The number of pyridine rings is 1. The molecule has 0 atom stereocenters. The minimum Gasteiger partial charge on any atom is -0.481 e. The van der Waals surface area contributed by atoms with Crippen LogP contribution in [0.15, 0.2) is 47.0 Å². The second kappa shape index (κ2) is 5.40. The van der Waals surface area contributed by atoms with Gasteiger partial charge in [-0.25, -0.2) is 4.98 Å². The van der Waals surface area contributed by atoms with Crippen LogP contribution in [0.3, 0.4) is 0 Å². The van der Waals surface area contributed by atoms with E-state index in [9.17, 15) is 4.79 Å². The van der Waals surface area contributed by atoms with Gasteiger partial charge in [-0.15, -0.1) is 0 Å². The molecule has 21 heavy (non-hydrogen) atoms. The second-order valence-electron chi connectivity index (χ2n) is 4.91. The zero-order valence-electron chi connectivity index (χ0n) is 11.9. The minimum atomic E-state index is -0.0578. The molecule has 0 saturated carbocycles. The number of hydrogen-bond donors (Lipinski definition) is 0. The molecule has 0 spiro atoms. The van der Waals surface area contributed by atoms with Gasteiger partial charge < -0.3 is 9.15 Å². The number of Topliss-reactive ketones (excluding diaryl/α,β-unsaturated/α-hetero) is 1. The number of carbonyl (C=O) groups is 1. The lowest BCUT2D eigenvalue weighted by molar-refractivity contribution is 0.0968. The molecule has 0 aliphatic heterocycles. The van der Waals surface area contributed by atoms with Crippen molar-refractivity contribution in [1.82, 2.24) is 4.98 Å². The molecule has 3 aromatic rings. The van der Waals surface area contributed by atoms with Crippen molar-refractivity contribution < 1.29 is 13.9 Å². The van der Waals surface area contributed by atoms with Crippen LogP contribution in [0.2, 0.25) is 0 Å². The van der Waals surface area contributed by atoms with Gasteiger partial charge in [-0.1, -0.05) is 24.3 Å². The number of furan rings is 1. The van der Waals surface area contributed by atoms with Crippen molar-refractivity contribution in [2.75, 3.05) is 7.11 Å². The van der Waals surface area contributed by atoms with Crippen LogP contribution in [0.5, 0.6) is 5.88 Å². The Morgan fingerprint density at radius 2 is 2.14 bits per heavy atom. The molecule has 4 nitrogen and oxygen atoms in total. The van der Waals surface area contributed by atoms with E-state index in [1.807, 2.05) is 31.2 Å². The largest absolute Gasteiger partial charge is 0.481 e. The molecule has 1 aromatic carbocycles. The fourth-order valence-electron chi connectivity index (χ4n) is 2.26. The highest BCUT2D eigenvalue weighted by molar-refractivity contribution is 5.99. The van der Waals surface area contributed by atoms with Crippen molar-refractivity contribution >= 4 is 16.8 Å². The standard InChI is InChI=1S/C17H15NO3/c1-11-4-3-5-13-9-15(21-17(11)13)14(19)8-12-6-7-16(20-2)18-10-12/h3-7,9-10H,8H2,1-2H3. The van der Waals surface area contributed by atoms with Gasteiger partial charge >= 0.3 is 0 Å². The number of methoxy groups -OCH3 is 1. The number of aryl methyl sites for hydroxylation is 1. The first-order valence-corrected chi connectivity index (χ1v) is 6.68. The molecule has 0 fully saturated rings. The van der Waals surface area contributed by atoms with Crippen molar-refractivity contribution in [2.24, 2.45) is 0 Å². The van der Waals surface area contributed by atoms with Crippen molar-refractivity contribution in [3.05, 3.63) is 59.5 Å². The highest BCUT2D eigenvalue weighted by Crippen LogP contribution is 2.23. The van der Waals surface area contributed by atoms with Crippen LogP contribution in [0.4, 0.5) is 0 Å². The van der Waals surface area contributed by atoms with E-state index in [0.717, 1.165) is 22.1 Å². The topological polar surface area (TPSA) is 52.3 Å². The predicted octanol–water partition coefficient (Wildman–Crippen LogP) is 3.57. The van der Waals surface area contributed by atoms with Crippen molar-refractivity contribution in [3.63, 3.8) is 0 Å².